The zero-order chi connectivity index (χ0) is 21.9. The van der Waals surface area contributed by atoms with Crippen molar-refractivity contribution in [3.63, 3.8) is 0 Å². The normalized spacial score (nSPS) is 29.2. The highest BCUT2D eigenvalue weighted by Crippen LogP contribution is 2.61. The van der Waals surface area contributed by atoms with E-state index >= 15 is 0 Å². The van der Waals surface area contributed by atoms with Gasteiger partial charge in [0.2, 0.25) is 0 Å². The van der Waals surface area contributed by atoms with Crippen LogP contribution in [0.4, 0.5) is 0 Å². The molecule has 3 aromatic rings. The van der Waals surface area contributed by atoms with Gasteiger partial charge in [-0.3, -0.25) is 4.79 Å². The predicted molar refractivity (Wildman–Crippen MR) is 129 cm³/mol. The highest BCUT2D eigenvalue weighted by atomic mass is 16.1. The maximum absolute atomic E-state index is 13.8. The van der Waals surface area contributed by atoms with Crippen LogP contribution in [-0.4, -0.2) is 16.9 Å². The molecule has 1 aromatic heterocycles. The fraction of sp³-hybridized carbons (Fsp3) is 0.448. The topological polar surface area (TPSA) is 42.0 Å². The van der Waals surface area contributed by atoms with Gasteiger partial charge < -0.3 is 5.32 Å². The van der Waals surface area contributed by atoms with E-state index in [4.69, 9.17) is 4.98 Å². The molecule has 0 radical (unpaired) electrons. The molecule has 4 saturated carbocycles. The molecular weight excluding hydrogens is 392 g/mol. The van der Waals surface area contributed by atoms with Gasteiger partial charge in [-0.05, 0) is 87.2 Å². The second-order valence-electron chi connectivity index (χ2n) is 10.8. The van der Waals surface area contributed by atoms with Crippen LogP contribution >= 0.6 is 0 Å². The second kappa shape index (κ2) is 7.43. The van der Waals surface area contributed by atoms with Gasteiger partial charge in [0.05, 0.1) is 16.8 Å². The molecule has 1 heterocycles. The molecule has 3 nitrogen and oxygen atoms in total. The monoisotopic (exact) mass is 424 g/mol. The van der Waals surface area contributed by atoms with Gasteiger partial charge in [0.25, 0.3) is 5.91 Å². The van der Waals surface area contributed by atoms with E-state index in [0.29, 0.717) is 5.41 Å². The van der Waals surface area contributed by atoms with E-state index in [9.17, 15) is 4.79 Å². The Morgan fingerprint density at radius 2 is 1.53 bits per heavy atom. The Morgan fingerprint density at radius 1 is 0.938 bits per heavy atom. The van der Waals surface area contributed by atoms with Gasteiger partial charge in [-0.15, -0.1) is 0 Å². The molecule has 0 aliphatic heterocycles. The Balaban J connectivity index is 1.37. The van der Waals surface area contributed by atoms with Gasteiger partial charge in [-0.1, -0.05) is 48.5 Å². The van der Waals surface area contributed by atoms with E-state index < -0.39 is 0 Å². The number of fused-ring (bicyclic) bond motifs is 1. The number of benzene rings is 2. The summed E-state index contributed by atoms with van der Waals surface area (Å²) in [5.74, 6) is 2.71. The van der Waals surface area contributed by atoms with Crippen molar-refractivity contribution in [3.8, 4) is 11.3 Å². The number of para-hydroxylation sites is 1. The van der Waals surface area contributed by atoms with E-state index in [1.807, 2.05) is 49.4 Å². The highest BCUT2D eigenvalue weighted by Gasteiger charge is 2.53. The molecule has 4 fully saturated rings. The molecule has 164 valence electrons. The van der Waals surface area contributed by atoms with Gasteiger partial charge in [0, 0.05) is 17.0 Å². The van der Waals surface area contributed by atoms with Gasteiger partial charge in [0.15, 0.2) is 0 Å². The third kappa shape index (κ3) is 3.17. The zero-order valence-corrected chi connectivity index (χ0v) is 19.1. The maximum atomic E-state index is 13.8. The number of aromatic nitrogens is 1. The molecule has 1 N–H and O–H groups in total. The van der Waals surface area contributed by atoms with E-state index in [-0.39, 0.29) is 11.9 Å². The van der Waals surface area contributed by atoms with Crippen LogP contribution in [0.25, 0.3) is 22.2 Å². The molecule has 3 heteroatoms. The summed E-state index contributed by atoms with van der Waals surface area (Å²) in [7, 11) is 0. The van der Waals surface area contributed by atoms with Crippen LogP contribution in [0, 0.1) is 30.1 Å². The van der Waals surface area contributed by atoms with Crippen LogP contribution in [0.3, 0.4) is 0 Å². The van der Waals surface area contributed by atoms with E-state index in [2.05, 4.69) is 24.4 Å². The quantitative estimate of drug-likeness (QED) is 0.516. The van der Waals surface area contributed by atoms with Crippen LogP contribution in [0.1, 0.15) is 61.4 Å². The summed E-state index contributed by atoms with van der Waals surface area (Å²) in [4.78, 5) is 18.8. The lowest BCUT2D eigenvalue weighted by Crippen LogP contribution is -2.55. The number of hydrogen-bond donors (Lipinski definition) is 1. The van der Waals surface area contributed by atoms with E-state index in [1.54, 1.807) is 0 Å². The molecule has 1 amide bonds. The summed E-state index contributed by atoms with van der Waals surface area (Å²) in [6.45, 7) is 4.31. The number of carbonyl (C=O) groups is 1. The number of amides is 1. The third-order valence-corrected chi connectivity index (χ3v) is 8.76. The Morgan fingerprint density at radius 3 is 2.19 bits per heavy atom. The van der Waals surface area contributed by atoms with Gasteiger partial charge in [0.1, 0.15) is 0 Å². The van der Waals surface area contributed by atoms with Crippen molar-refractivity contribution in [2.24, 2.45) is 23.2 Å². The predicted octanol–water partition coefficient (Wildman–Crippen LogP) is 6.54. The average molecular weight is 425 g/mol. The molecule has 0 saturated heterocycles. The Bertz CT molecular complexity index is 1150. The van der Waals surface area contributed by atoms with Crippen molar-refractivity contribution in [3.05, 3.63) is 65.7 Å². The van der Waals surface area contributed by atoms with Crippen molar-refractivity contribution >= 4 is 16.8 Å². The van der Waals surface area contributed by atoms with E-state index in [0.717, 1.165) is 51.0 Å². The molecular formula is C29H32N2O. The summed E-state index contributed by atoms with van der Waals surface area (Å²) in [5, 5.41) is 4.44. The molecule has 1 atom stereocenters. The minimum Gasteiger partial charge on any atom is -0.349 e. The first-order valence-electron chi connectivity index (χ1n) is 12.3. The molecule has 32 heavy (non-hydrogen) atoms. The number of pyridine rings is 1. The Labute approximate surface area is 190 Å². The first-order valence-corrected chi connectivity index (χ1v) is 12.3. The number of nitrogens with one attached hydrogen (secondary N) is 1. The summed E-state index contributed by atoms with van der Waals surface area (Å²) in [5.41, 5.74) is 4.88. The van der Waals surface area contributed by atoms with Gasteiger partial charge in [-0.25, -0.2) is 4.98 Å². The first kappa shape index (κ1) is 20.0. The van der Waals surface area contributed by atoms with Crippen molar-refractivity contribution in [2.75, 3.05) is 0 Å². The summed E-state index contributed by atoms with van der Waals surface area (Å²) >= 11 is 0. The smallest absolute Gasteiger partial charge is 0.252 e. The number of hydrogen-bond acceptors (Lipinski definition) is 2. The lowest BCUT2D eigenvalue weighted by molar-refractivity contribution is -0.0687. The molecule has 4 bridgehead atoms. The van der Waals surface area contributed by atoms with Crippen LogP contribution in [-0.2, 0) is 0 Å². The lowest BCUT2D eigenvalue weighted by Gasteiger charge is -2.59. The summed E-state index contributed by atoms with van der Waals surface area (Å²) in [6.07, 6.45) is 8.17. The second-order valence-corrected chi connectivity index (χ2v) is 10.8. The average Bonchev–Trinajstić information content (AvgIpc) is 2.78. The molecule has 4 aliphatic carbocycles. The molecule has 2 aromatic carbocycles. The maximum Gasteiger partial charge on any atom is 0.252 e. The third-order valence-electron chi connectivity index (χ3n) is 8.76. The summed E-state index contributed by atoms with van der Waals surface area (Å²) < 4.78 is 0. The molecule has 1 unspecified atom stereocenters. The van der Waals surface area contributed by atoms with Crippen LogP contribution in [0.2, 0.25) is 0 Å². The van der Waals surface area contributed by atoms with Crippen LogP contribution < -0.4 is 5.32 Å². The lowest BCUT2D eigenvalue weighted by atomic mass is 9.48. The van der Waals surface area contributed by atoms with E-state index in [1.165, 1.54) is 38.5 Å². The molecule has 4 aliphatic rings. The van der Waals surface area contributed by atoms with Crippen molar-refractivity contribution in [1.29, 1.82) is 0 Å². The number of nitrogens with zero attached hydrogens (tertiary/aromatic N) is 1. The van der Waals surface area contributed by atoms with Crippen LogP contribution in [0.5, 0.6) is 0 Å². The van der Waals surface area contributed by atoms with Crippen molar-refractivity contribution in [1.82, 2.24) is 10.3 Å². The zero-order valence-electron chi connectivity index (χ0n) is 19.1. The highest BCUT2D eigenvalue weighted by molar-refractivity contribution is 6.09. The number of rotatable bonds is 4. The van der Waals surface area contributed by atoms with Crippen molar-refractivity contribution in [2.45, 2.75) is 58.4 Å². The Hall–Kier alpha value is -2.68. The van der Waals surface area contributed by atoms with Gasteiger partial charge >= 0.3 is 0 Å². The largest absolute Gasteiger partial charge is 0.349 e. The van der Waals surface area contributed by atoms with Crippen LogP contribution in [0.15, 0.2) is 54.6 Å². The first-order chi connectivity index (χ1) is 15.5. The molecule has 7 rings (SSSR count). The Kier molecular flexibility index (Phi) is 4.64. The minimum atomic E-state index is 0.0570. The van der Waals surface area contributed by atoms with Gasteiger partial charge in [-0.2, -0.15) is 0 Å². The summed E-state index contributed by atoms with van der Waals surface area (Å²) in [6, 6.07) is 18.5. The van der Waals surface area contributed by atoms with Crippen molar-refractivity contribution < 1.29 is 4.79 Å². The minimum absolute atomic E-state index is 0.0570. The SMILES string of the molecule is Cc1c(-c2ccccc2)nc2ccccc2c1C(=O)NC(C)C12CC3CC(CC(C3)C1)C2. The fourth-order valence-electron chi connectivity index (χ4n) is 7.61. The molecule has 0 spiro atoms. The fourth-order valence-corrected chi connectivity index (χ4v) is 7.61. The number of carbonyl (C=O) groups excluding carboxylic acids is 1. The standard InChI is InChI=1S/C29H32N2O/c1-18-26(24-10-6-7-11-25(24)31-27(18)23-8-4-3-5-9-23)28(32)30-19(2)29-15-20-12-21(16-29)14-22(13-20)17-29/h3-11,19-22H,12-17H2,1-2H3,(H,30,32).